The Bertz CT molecular complexity index is 699. The molecule has 2 aromatic rings. The summed E-state index contributed by atoms with van der Waals surface area (Å²) in [5.41, 5.74) is 8.28. The minimum atomic E-state index is -0.376. The maximum Gasteiger partial charge on any atom is 0.248 e. The zero-order valence-electron chi connectivity index (χ0n) is 14.0. The van der Waals surface area contributed by atoms with Crippen LogP contribution in [-0.4, -0.2) is 35.4 Å². The first-order valence-electron chi connectivity index (χ1n) is 8.38. The molecule has 0 spiro atoms. The first kappa shape index (κ1) is 16.5. The fourth-order valence-electron chi connectivity index (χ4n) is 3.14. The molecule has 1 amide bonds. The molecule has 0 radical (unpaired) electrons. The summed E-state index contributed by atoms with van der Waals surface area (Å²) in [7, 11) is 0. The van der Waals surface area contributed by atoms with Gasteiger partial charge in [-0.2, -0.15) is 0 Å². The maximum absolute atomic E-state index is 11.1. The molecular weight excluding hydrogens is 300 g/mol. The number of aromatic nitrogens is 1. The van der Waals surface area contributed by atoms with Crippen LogP contribution in [-0.2, 0) is 6.54 Å². The van der Waals surface area contributed by atoms with Crippen LogP contribution in [0.4, 0.5) is 5.82 Å². The van der Waals surface area contributed by atoms with Crippen molar-refractivity contribution in [2.45, 2.75) is 19.9 Å². The predicted molar refractivity (Wildman–Crippen MR) is 95.8 cm³/mol. The van der Waals surface area contributed by atoms with E-state index < -0.39 is 0 Å². The standard InChI is InChI=1S/C19H24N4O/c1-14-6-8-21-18(10-14)22-11-16-7-9-23(13-16)12-15-2-4-17(5-3-15)19(20)24/h2-6,8,10,16H,7,9,11-13H2,1H3,(H2,20,24)(H,21,22)/t16-/m1/s1. The summed E-state index contributed by atoms with van der Waals surface area (Å²) < 4.78 is 0. The molecule has 1 aromatic carbocycles. The molecule has 3 rings (SSSR count). The lowest BCUT2D eigenvalue weighted by Crippen LogP contribution is -2.23. The summed E-state index contributed by atoms with van der Waals surface area (Å²) in [6.07, 6.45) is 3.03. The van der Waals surface area contributed by atoms with Crippen LogP contribution in [0.5, 0.6) is 0 Å². The number of rotatable bonds is 6. The number of pyridine rings is 1. The highest BCUT2D eigenvalue weighted by molar-refractivity contribution is 5.92. The number of nitrogens with two attached hydrogens (primary N) is 1. The number of nitrogens with zero attached hydrogens (tertiary/aromatic N) is 2. The van der Waals surface area contributed by atoms with Crippen LogP contribution in [0, 0.1) is 12.8 Å². The van der Waals surface area contributed by atoms with Gasteiger partial charge in [0.15, 0.2) is 0 Å². The summed E-state index contributed by atoms with van der Waals surface area (Å²) in [5.74, 6) is 1.21. The number of likely N-dealkylation sites (tertiary alicyclic amines) is 1. The Hall–Kier alpha value is -2.40. The lowest BCUT2D eigenvalue weighted by molar-refractivity contribution is 0.100. The molecular formula is C19H24N4O. The molecule has 0 unspecified atom stereocenters. The normalized spacial score (nSPS) is 17.8. The van der Waals surface area contributed by atoms with Crippen molar-refractivity contribution >= 4 is 11.7 Å². The Morgan fingerprint density at radius 1 is 1.33 bits per heavy atom. The Balaban J connectivity index is 1.47. The zero-order valence-corrected chi connectivity index (χ0v) is 14.0. The third kappa shape index (κ3) is 4.32. The number of benzene rings is 1. The van der Waals surface area contributed by atoms with Gasteiger partial charge in [-0.1, -0.05) is 12.1 Å². The van der Waals surface area contributed by atoms with Gasteiger partial charge in [-0.05, 0) is 61.2 Å². The topological polar surface area (TPSA) is 71.2 Å². The summed E-state index contributed by atoms with van der Waals surface area (Å²) >= 11 is 0. The molecule has 0 aliphatic carbocycles. The van der Waals surface area contributed by atoms with E-state index in [1.54, 1.807) is 12.1 Å². The van der Waals surface area contributed by atoms with E-state index in [1.807, 2.05) is 24.4 Å². The van der Waals surface area contributed by atoms with Gasteiger partial charge in [-0.15, -0.1) is 0 Å². The third-order valence-electron chi connectivity index (χ3n) is 4.50. The minimum Gasteiger partial charge on any atom is -0.370 e. The SMILES string of the molecule is Cc1ccnc(NC[C@H]2CCN(Cc3ccc(C(N)=O)cc3)C2)c1. The highest BCUT2D eigenvalue weighted by Crippen LogP contribution is 2.19. The molecule has 126 valence electrons. The van der Waals surface area contributed by atoms with Crippen molar-refractivity contribution in [3.63, 3.8) is 0 Å². The molecule has 24 heavy (non-hydrogen) atoms. The van der Waals surface area contributed by atoms with E-state index in [1.165, 1.54) is 17.5 Å². The monoisotopic (exact) mass is 324 g/mol. The van der Waals surface area contributed by atoms with Gasteiger partial charge in [-0.3, -0.25) is 9.69 Å². The van der Waals surface area contributed by atoms with Crippen LogP contribution in [0.3, 0.4) is 0 Å². The summed E-state index contributed by atoms with van der Waals surface area (Å²) in [6.45, 7) is 6.13. The van der Waals surface area contributed by atoms with Crippen LogP contribution in [0.1, 0.15) is 27.9 Å². The number of primary amides is 1. The first-order valence-corrected chi connectivity index (χ1v) is 8.38. The van der Waals surface area contributed by atoms with Crippen LogP contribution in [0.2, 0.25) is 0 Å². The van der Waals surface area contributed by atoms with Crippen LogP contribution < -0.4 is 11.1 Å². The fraction of sp³-hybridized carbons (Fsp3) is 0.368. The zero-order chi connectivity index (χ0) is 16.9. The van der Waals surface area contributed by atoms with Gasteiger partial charge in [-0.25, -0.2) is 4.98 Å². The molecule has 2 heterocycles. The third-order valence-corrected chi connectivity index (χ3v) is 4.50. The van der Waals surface area contributed by atoms with E-state index in [4.69, 9.17) is 5.73 Å². The number of carbonyl (C=O) groups excluding carboxylic acids is 1. The van der Waals surface area contributed by atoms with E-state index in [-0.39, 0.29) is 5.91 Å². The molecule has 3 N–H and O–H groups in total. The first-order chi connectivity index (χ1) is 11.6. The smallest absolute Gasteiger partial charge is 0.248 e. The van der Waals surface area contributed by atoms with Crippen molar-refractivity contribution in [1.29, 1.82) is 0 Å². The quantitative estimate of drug-likeness (QED) is 0.856. The second kappa shape index (κ2) is 7.45. The Morgan fingerprint density at radius 3 is 2.83 bits per heavy atom. The van der Waals surface area contributed by atoms with Crippen molar-refractivity contribution in [1.82, 2.24) is 9.88 Å². The van der Waals surface area contributed by atoms with Gasteiger partial charge in [0.1, 0.15) is 5.82 Å². The number of aryl methyl sites for hydroxylation is 1. The summed E-state index contributed by atoms with van der Waals surface area (Å²) in [5, 5.41) is 3.44. The number of hydrogen-bond donors (Lipinski definition) is 2. The highest BCUT2D eigenvalue weighted by atomic mass is 16.1. The molecule has 0 saturated carbocycles. The molecule has 5 heteroatoms. The van der Waals surface area contributed by atoms with Gasteiger partial charge in [0.2, 0.25) is 5.91 Å². The fourth-order valence-corrected chi connectivity index (χ4v) is 3.14. The number of anilines is 1. The van der Waals surface area contributed by atoms with E-state index >= 15 is 0 Å². The minimum absolute atomic E-state index is 0.376. The summed E-state index contributed by atoms with van der Waals surface area (Å²) in [4.78, 5) is 17.9. The maximum atomic E-state index is 11.1. The van der Waals surface area contributed by atoms with Crippen LogP contribution in [0.15, 0.2) is 42.6 Å². The highest BCUT2D eigenvalue weighted by Gasteiger charge is 2.22. The van der Waals surface area contributed by atoms with E-state index in [2.05, 4.69) is 28.2 Å². The molecule has 0 bridgehead atoms. The van der Waals surface area contributed by atoms with Crippen molar-refractivity contribution in [3.05, 3.63) is 59.3 Å². The second-order valence-electron chi connectivity index (χ2n) is 6.55. The van der Waals surface area contributed by atoms with Crippen LogP contribution >= 0.6 is 0 Å². The molecule has 5 nitrogen and oxygen atoms in total. The average Bonchev–Trinajstić information content (AvgIpc) is 3.01. The lowest BCUT2D eigenvalue weighted by atomic mass is 10.1. The van der Waals surface area contributed by atoms with Gasteiger partial charge in [0.05, 0.1) is 0 Å². The Labute approximate surface area is 142 Å². The number of nitrogens with one attached hydrogen (secondary N) is 1. The predicted octanol–water partition coefficient (Wildman–Crippen LogP) is 2.42. The number of carbonyl (C=O) groups is 1. The molecule has 1 saturated heterocycles. The molecule has 1 aliphatic heterocycles. The Kier molecular flexibility index (Phi) is 5.11. The second-order valence-corrected chi connectivity index (χ2v) is 6.55. The van der Waals surface area contributed by atoms with Gasteiger partial charge >= 0.3 is 0 Å². The average molecular weight is 324 g/mol. The van der Waals surface area contributed by atoms with E-state index in [0.29, 0.717) is 11.5 Å². The lowest BCUT2D eigenvalue weighted by Gasteiger charge is -2.17. The van der Waals surface area contributed by atoms with Gasteiger partial charge in [0, 0.05) is 31.4 Å². The van der Waals surface area contributed by atoms with Crippen molar-refractivity contribution in [3.8, 4) is 0 Å². The summed E-state index contributed by atoms with van der Waals surface area (Å²) in [6, 6.07) is 11.7. The number of hydrogen-bond acceptors (Lipinski definition) is 4. The van der Waals surface area contributed by atoms with E-state index in [0.717, 1.165) is 32.0 Å². The van der Waals surface area contributed by atoms with E-state index in [9.17, 15) is 4.79 Å². The van der Waals surface area contributed by atoms with Crippen molar-refractivity contribution in [2.24, 2.45) is 11.7 Å². The molecule has 1 fully saturated rings. The van der Waals surface area contributed by atoms with Crippen molar-refractivity contribution in [2.75, 3.05) is 25.0 Å². The molecule has 1 atom stereocenters. The Morgan fingerprint density at radius 2 is 2.12 bits per heavy atom. The largest absolute Gasteiger partial charge is 0.370 e. The molecule has 1 aliphatic rings. The van der Waals surface area contributed by atoms with Crippen LogP contribution in [0.25, 0.3) is 0 Å². The van der Waals surface area contributed by atoms with Crippen molar-refractivity contribution < 1.29 is 4.79 Å². The number of amides is 1. The molecule has 1 aromatic heterocycles. The van der Waals surface area contributed by atoms with Gasteiger partial charge in [0.25, 0.3) is 0 Å². The van der Waals surface area contributed by atoms with Gasteiger partial charge < -0.3 is 11.1 Å².